The minimum atomic E-state index is -0.0507. The first kappa shape index (κ1) is 14.5. The Labute approximate surface area is 116 Å². The molecule has 2 unspecified atom stereocenters. The lowest BCUT2D eigenvalue weighted by molar-refractivity contribution is -0.0885. The number of nitrogens with zero attached hydrogens (tertiary/aromatic N) is 1. The molecule has 3 heteroatoms. The summed E-state index contributed by atoms with van der Waals surface area (Å²) in [6, 6.07) is 6.48. The number of hydrogen-bond acceptors (Lipinski definition) is 3. The van der Waals surface area contributed by atoms with E-state index >= 15 is 0 Å². The van der Waals surface area contributed by atoms with Crippen molar-refractivity contribution in [3.05, 3.63) is 30.1 Å². The highest BCUT2D eigenvalue weighted by Crippen LogP contribution is 2.29. The largest absolute Gasteiger partial charge is 0.374 e. The molecule has 0 amide bonds. The lowest BCUT2D eigenvalue weighted by atomic mass is 9.85. The molecular formula is C16H26N2O. The van der Waals surface area contributed by atoms with Gasteiger partial charge in [-0.25, -0.2) is 0 Å². The van der Waals surface area contributed by atoms with Gasteiger partial charge in [0, 0.05) is 31.0 Å². The maximum absolute atomic E-state index is 6.11. The Kier molecular flexibility index (Phi) is 5.34. The first-order valence-electron chi connectivity index (χ1n) is 7.52. The second-order valence-corrected chi connectivity index (χ2v) is 5.65. The summed E-state index contributed by atoms with van der Waals surface area (Å²) in [6.07, 6.45) is 7.56. The molecule has 0 saturated carbocycles. The molecule has 1 aliphatic rings. The molecule has 1 aromatic rings. The van der Waals surface area contributed by atoms with E-state index in [1.54, 1.807) is 0 Å². The van der Waals surface area contributed by atoms with Crippen molar-refractivity contribution in [1.82, 2.24) is 10.3 Å². The lowest BCUT2D eigenvalue weighted by Crippen LogP contribution is -2.53. The molecule has 0 bridgehead atoms. The molecule has 0 aliphatic carbocycles. The zero-order valence-corrected chi connectivity index (χ0v) is 12.2. The number of nitrogens with one attached hydrogen (secondary N) is 1. The fourth-order valence-corrected chi connectivity index (χ4v) is 2.78. The second-order valence-electron chi connectivity index (χ2n) is 5.65. The lowest BCUT2D eigenvalue weighted by Gasteiger charge is -2.41. The second kappa shape index (κ2) is 7.01. The van der Waals surface area contributed by atoms with Gasteiger partial charge in [-0.15, -0.1) is 0 Å². The van der Waals surface area contributed by atoms with Crippen molar-refractivity contribution in [1.29, 1.82) is 0 Å². The Bertz CT molecular complexity index is 360. The average Bonchev–Trinajstić information content (AvgIpc) is 2.45. The van der Waals surface area contributed by atoms with Crippen LogP contribution in [0.1, 0.15) is 45.2 Å². The SMILES string of the molecule is CCCNC(Cc1ccccn1)C1(C)CCCCO1. The van der Waals surface area contributed by atoms with Crippen LogP contribution < -0.4 is 5.32 Å². The average molecular weight is 262 g/mol. The molecule has 1 saturated heterocycles. The predicted molar refractivity (Wildman–Crippen MR) is 78.2 cm³/mol. The van der Waals surface area contributed by atoms with Gasteiger partial charge in [0.25, 0.3) is 0 Å². The number of hydrogen-bond donors (Lipinski definition) is 1. The van der Waals surface area contributed by atoms with Crippen LogP contribution in [0, 0.1) is 0 Å². The zero-order chi connectivity index (χ0) is 13.6. The summed E-state index contributed by atoms with van der Waals surface area (Å²) in [5, 5.41) is 3.66. The highest BCUT2D eigenvalue weighted by Gasteiger charge is 2.36. The fourth-order valence-electron chi connectivity index (χ4n) is 2.78. The van der Waals surface area contributed by atoms with Crippen LogP contribution in [-0.2, 0) is 11.2 Å². The van der Waals surface area contributed by atoms with Crippen LogP contribution in [0.15, 0.2) is 24.4 Å². The maximum Gasteiger partial charge on any atom is 0.0810 e. The van der Waals surface area contributed by atoms with Gasteiger partial charge in [-0.2, -0.15) is 0 Å². The van der Waals surface area contributed by atoms with Crippen molar-refractivity contribution in [3.63, 3.8) is 0 Å². The number of aromatic nitrogens is 1. The molecule has 1 fully saturated rings. The molecule has 0 aromatic carbocycles. The Morgan fingerprint density at radius 3 is 2.95 bits per heavy atom. The van der Waals surface area contributed by atoms with E-state index in [9.17, 15) is 0 Å². The summed E-state index contributed by atoms with van der Waals surface area (Å²) in [5.74, 6) is 0. The summed E-state index contributed by atoms with van der Waals surface area (Å²) in [6.45, 7) is 6.39. The van der Waals surface area contributed by atoms with Gasteiger partial charge in [-0.3, -0.25) is 4.98 Å². The summed E-state index contributed by atoms with van der Waals surface area (Å²) in [4.78, 5) is 4.46. The van der Waals surface area contributed by atoms with Crippen LogP contribution in [0.25, 0.3) is 0 Å². The standard InChI is InChI=1S/C16H26N2O/c1-3-10-18-15(13-14-8-4-6-11-17-14)16(2)9-5-7-12-19-16/h4,6,8,11,15,18H,3,5,7,9-10,12-13H2,1-2H3. The Morgan fingerprint density at radius 2 is 2.32 bits per heavy atom. The third-order valence-electron chi connectivity index (χ3n) is 4.02. The summed E-state index contributed by atoms with van der Waals surface area (Å²) < 4.78 is 6.11. The van der Waals surface area contributed by atoms with Gasteiger partial charge in [0.1, 0.15) is 0 Å². The summed E-state index contributed by atoms with van der Waals surface area (Å²) >= 11 is 0. The van der Waals surface area contributed by atoms with E-state index in [2.05, 4.69) is 36.3 Å². The van der Waals surface area contributed by atoms with E-state index in [1.165, 1.54) is 12.8 Å². The van der Waals surface area contributed by atoms with Crippen molar-refractivity contribution in [2.45, 2.75) is 57.6 Å². The van der Waals surface area contributed by atoms with Gasteiger partial charge in [0.2, 0.25) is 0 Å². The Hall–Kier alpha value is -0.930. The van der Waals surface area contributed by atoms with Crippen molar-refractivity contribution < 1.29 is 4.74 Å². The molecule has 0 radical (unpaired) electrons. The molecular weight excluding hydrogens is 236 g/mol. The third kappa shape index (κ3) is 4.02. The molecule has 1 aromatic heterocycles. The van der Waals surface area contributed by atoms with Crippen LogP contribution in [0.2, 0.25) is 0 Å². The smallest absolute Gasteiger partial charge is 0.0810 e. The summed E-state index contributed by atoms with van der Waals surface area (Å²) in [7, 11) is 0. The van der Waals surface area contributed by atoms with Crippen molar-refractivity contribution in [3.8, 4) is 0 Å². The molecule has 2 heterocycles. The molecule has 1 aliphatic heterocycles. The number of ether oxygens (including phenoxy) is 1. The molecule has 1 N–H and O–H groups in total. The molecule has 2 rings (SSSR count). The van der Waals surface area contributed by atoms with E-state index < -0.39 is 0 Å². The monoisotopic (exact) mass is 262 g/mol. The Balaban J connectivity index is 2.06. The van der Waals surface area contributed by atoms with E-state index in [0.29, 0.717) is 6.04 Å². The van der Waals surface area contributed by atoms with Gasteiger partial charge in [-0.1, -0.05) is 13.0 Å². The fraction of sp³-hybridized carbons (Fsp3) is 0.688. The number of rotatable bonds is 6. The van der Waals surface area contributed by atoms with Gasteiger partial charge in [-0.05, 0) is 51.3 Å². The van der Waals surface area contributed by atoms with Crippen LogP contribution in [0.3, 0.4) is 0 Å². The highest BCUT2D eigenvalue weighted by atomic mass is 16.5. The van der Waals surface area contributed by atoms with E-state index in [0.717, 1.165) is 38.1 Å². The number of pyridine rings is 1. The van der Waals surface area contributed by atoms with Crippen LogP contribution in [0.4, 0.5) is 0 Å². The van der Waals surface area contributed by atoms with Crippen LogP contribution >= 0.6 is 0 Å². The van der Waals surface area contributed by atoms with Gasteiger partial charge in [0.05, 0.1) is 5.60 Å². The van der Waals surface area contributed by atoms with Gasteiger partial charge >= 0.3 is 0 Å². The molecule has 0 spiro atoms. The molecule has 19 heavy (non-hydrogen) atoms. The maximum atomic E-state index is 6.11. The van der Waals surface area contributed by atoms with Crippen LogP contribution in [-0.4, -0.2) is 29.8 Å². The highest BCUT2D eigenvalue weighted by molar-refractivity contribution is 5.08. The van der Waals surface area contributed by atoms with Gasteiger partial charge in [0.15, 0.2) is 0 Å². The minimum Gasteiger partial charge on any atom is -0.374 e. The molecule has 106 valence electrons. The van der Waals surface area contributed by atoms with Crippen molar-refractivity contribution >= 4 is 0 Å². The van der Waals surface area contributed by atoms with Crippen molar-refractivity contribution in [2.75, 3.05) is 13.2 Å². The van der Waals surface area contributed by atoms with E-state index in [-0.39, 0.29) is 5.60 Å². The zero-order valence-electron chi connectivity index (χ0n) is 12.2. The summed E-state index contributed by atoms with van der Waals surface area (Å²) in [5.41, 5.74) is 1.09. The first-order valence-corrected chi connectivity index (χ1v) is 7.52. The van der Waals surface area contributed by atoms with Crippen molar-refractivity contribution in [2.24, 2.45) is 0 Å². The minimum absolute atomic E-state index is 0.0507. The molecule has 2 atom stereocenters. The molecule has 3 nitrogen and oxygen atoms in total. The topological polar surface area (TPSA) is 34.2 Å². The first-order chi connectivity index (χ1) is 9.24. The van der Waals surface area contributed by atoms with E-state index in [4.69, 9.17) is 4.74 Å². The third-order valence-corrected chi connectivity index (χ3v) is 4.02. The quantitative estimate of drug-likeness (QED) is 0.856. The Morgan fingerprint density at radius 1 is 1.42 bits per heavy atom. The van der Waals surface area contributed by atoms with E-state index in [1.807, 2.05) is 12.3 Å². The van der Waals surface area contributed by atoms with Gasteiger partial charge < -0.3 is 10.1 Å². The van der Waals surface area contributed by atoms with Crippen LogP contribution in [0.5, 0.6) is 0 Å². The predicted octanol–water partition coefficient (Wildman–Crippen LogP) is 2.95. The normalized spacial score (nSPS) is 25.2.